The molecule has 1 unspecified atom stereocenters. The van der Waals surface area contributed by atoms with Crippen LogP contribution in [0.3, 0.4) is 0 Å². The Bertz CT molecular complexity index is 292. The van der Waals surface area contributed by atoms with E-state index in [1.54, 1.807) is 0 Å². The summed E-state index contributed by atoms with van der Waals surface area (Å²) in [5.74, 6) is -1.14. The zero-order valence-corrected chi connectivity index (χ0v) is 11.3. The van der Waals surface area contributed by atoms with Crippen molar-refractivity contribution in [1.29, 1.82) is 0 Å². The highest BCUT2D eigenvalue weighted by atomic mass is 16.5. The van der Waals surface area contributed by atoms with Gasteiger partial charge >= 0.3 is 5.97 Å². The van der Waals surface area contributed by atoms with Crippen molar-refractivity contribution >= 4 is 11.9 Å². The molecule has 0 aromatic heterocycles. The van der Waals surface area contributed by atoms with Gasteiger partial charge in [0, 0.05) is 26.8 Å². The molecule has 7 nitrogen and oxygen atoms in total. The predicted octanol–water partition coefficient (Wildman–Crippen LogP) is -0.685. The number of methoxy groups -OCH3 is 1. The zero-order chi connectivity index (χ0) is 14.1. The van der Waals surface area contributed by atoms with Crippen LogP contribution in [0.25, 0.3) is 0 Å². The number of nitrogens with zero attached hydrogens (tertiary/aromatic N) is 1. The van der Waals surface area contributed by atoms with Gasteiger partial charge in [-0.3, -0.25) is 14.5 Å². The topological polar surface area (TPSA) is 88.1 Å². The van der Waals surface area contributed by atoms with Crippen LogP contribution in [0.4, 0.5) is 0 Å². The van der Waals surface area contributed by atoms with E-state index in [0.717, 1.165) is 19.4 Å². The van der Waals surface area contributed by atoms with E-state index in [9.17, 15) is 9.59 Å². The molecule has 1 fully saturated rings. The summed E-state index contributed by atoms with van der Waals surface area (Å²) in [7, 11) is 1.54. The first-order valence-corrected chi connectivity index (χ1v) is 6.43. The second-order valence-electron chi connectivity index (χ2n) is 4.54. The van der Waals surface area contributed by atoms with Crippen molar-refractivity contribution in [2.45, 2.75) is 18.9 Å². The number of ether oxygens (including phenoxy) is 2. The van der Waals surface area contributed by atoms with E-state index in [0.29, 0.717) is 19.7 Å². The normalized spacial score (nSPS) is 18.7. The fraction of sp³-hybridized carbons (Fsp3) is 0.833. The molecular formula is C12H22N2O5. The third kappa shape index (κ3) is 7.09. The molecule has 0 aromatic carbocycles. The van der Waals surface area contributed by atoms with Gasteiger partial charge in [-0.1, -0.05) is 0 Å². The molecule has 0 bridgehead atoms. The molecule has 0 spiro atoms. The summed E-state index contributed by atoms with van der Waals surface area (Å²) >= 11 is 0. The van der Waals surface area contributed by atoms with Crippen molar-refractivity contribution < 1.29 is 24.2 Å². The van der Waals surface area contributed by atoms with Gasteiger partial charge in [0.15, 0.2) is 0 Å². The first-order chi connectivity index (χ1) is 9.11. The Morgan fingerprint density at radius 3 is 2.84 bits per heavy atom. The van der Waals surface area contributed by atoms with Crippen LogP contribution in [-0.4, -0.2) is 74.5 Å². The Kier molecular flexibility index (Phi) is 7.39. The Labute approximate surface area is 112 Å². The molecule has 1 aliphatic rings. The maximum absolute atomic E-state index is 11.7. The summed E-state index contributed by atoms with van der Waals surface area (Å²) in [6, 6.07) is 0. The SMILES string of the molecule is COCCN(CC(=O)O)CC(=O)NCC1CCCO1. The van der Waals surface area contributed by atoms with Crippen LogP contribution in [-0.2, 0) is 19.1 Å². The molecule has 1 aliphatic heterocycles. The number of rotatable bonds is 9. The molecule has 1 atom stereocenters. The van der Waals surface area contributed by atoms with Gasteiger partial charge in [-0.2, -0.15) is 0 Å². The number of aliphatic carboxylic acids is 1. The molecule has 2 N–H and O–H groups in total. The van der Waals surface area contributed by atoms with Crippen LogP contribution in [0.1, 0.15) is 12.8 Å². The second kappa shape index (κ2) is 8.84. The van der Waals surface area contributed by atoms with E-state index in [2.05, 4.69) is 5.32 Å². The third-order valence-corrected chi connectivity index (χ3v) is 2.89. The monoisotopic (exact) mass is 274 g/mol. The number of nitrogens with one attached hydrogen (secondary N) is 1. The quantitative estimate of drug-likeness (QED) is 0.579. The van der Waals surface area contributed by atoms with Gasteiger partial charge in [0.05, 0.1) is 25.8 Å². The fourth-order valence-corrected chi connectivity index (χ4v) is 1.92. The van der Waals surface area contributed by atoms with Gasteiger partial charge in [-0.25, -0.2) is 0 Å². The third-order valence-electron chi connectivity index (χ3n) is 2.89. The molecule has 0 aromatic rings. The van der Waals surface area contributed by atoms with Crippen LogP contribution >= 0.6 is 0 Å². The van der Waals surface area contributed by atoms with Crippen LogP contribution in [0.15, 0.2) is 0 Å². The van der Waals surface area contributed by atoms with Gasteiger partial charge < -0.3 is 19.9 Å². The lowest BCUT2D eigenvalue weighted by molar-refractivity contribution is -0.138. The number of carbonyl (C=O) groups excluding carboxylic acids is 1. The molecular weight excluding hydrogens is 252 g/mol. The Morgan fingerprint density at radius 1 is 1.47 bits per heavy atom. The maximum atomic E-state index is 11.7. The average molecular weight is 274 g/mol. The first-order valence-electron chi connectivity index (χ1n) is 6.43. The Morgan fingerprint density at radius 2 is 2.26 bits per heavy atom. The van der Waals surface area contributed by atoms with Gasteiger partial charge in [-0.05, 0) is 12.8 Å². The zero-order valence-electron chi connectivity index (χ0n) is 11.3. The van der Waals surface area contributed by atoms with Crippen molar-refractivity contribution in [3.05, 3.63) is 0 Å². The highest BCUT2D eigenvalue weighted by Crippen LogP contribution is 2.10. The standard InChI is InChI=1S/C12H22N2O5/c1-18-6-4-14(9-12(16)17)8-11(15)13-7-10-3-2-5-19-10/h10H,2-9H2,1H3,(H,13,15)(H,16,17). The molecule has 0 radical (unpaired) electrons. The second-order valence-corrected chi connectivity index (χ2v) is 4.54. The van der Waals surface area contributed by atoms with E-state index in [1.165, 1.54) is 12.0 Å². The minimum atomic E-state index is -0.956. The lowest BCUT2D eigenvalue weighted by atomic mass is 10.2. The predicted molar refractivity (Wildman–Crippen MR) is 67.9 cm³/mol. The molecule has 110 valence electrons. The van der Waals surface area contributed by atoms with Crippen LogP contribution in [0.2, 0.25) is 0 Å². The van der Waals surface area contributed by atoms with Crippen molar-refractivity contribution in [3.63, 3.8) is 0 Å². The van der Waals surface area contributed by atoms with Crippen LogP contribution < -0.4 is 5.32 Å². The van der Waals surface area contributed by atoms with Gasteiger partial charge in [0.25, 0.3) is 0 Å². The van der Waals surface area contributed by atoms with Crippen molar-refractivity contribution in [1.82, 2.24) is 10.2 Å². The van der Waals surface area contributed by atoms with Crippen molar-refractivity contribution in [2.75, 3.05) is 46.5 Å². The largest absolute Gasteiger partial charge is 0.480 e. The van der Waals surface area contributed by atoms with E-state index in [1.807, 2.05) is 0 Å². The minimum Gasteiger partial charge on any atom is -0.480 e. The van der Waals surface area contributed by atoms with Crippen LogP contribution in [0.5, 0.6) is 0 Å². The van der Waals surface area contributed by atoms with Gasteiger partial charge in [0.2, 0.25) is 5.91 Å². The highest BCUT2D eigenvalue weighted by Gasteiger charge is 2.18. The van der Waals surface area contributed by atoms with E-state index in [-0.39, 0.29) is 25.1 Å². The fourth-order valence-electron chi connectivity index (χ4n) is 1.92. The van der Waals surface area contributed by atoms with Crippen LogP contribution in [0, 0.1) is 0 Å². The molecule has 7 heteroatoms. The Hall–Kier alpha value is -1.18. The van der Waals surface area contributed by atoms with Gasteiger partial charge in [0.1, 0.15) is 0 Å². The summed E-state index contributed by atoms with van der Waals surface area (Å²) in [4.78, 5) is 23.9. The van der Waals surface area contributed by atoms with Crippen molar-refractivity contribution in [3.8, 4) is 0 Å². The molecule has 0 aliphatic carbocycles. The van der Waals surface area contributed by atoms with E-state index in [4.69, 9.17) is 14.6 Å². The molecule has 1 saturated heterocycles. The molecule has 1 rings (SSSR count). The molecule has 0 saturated carbocycles. The summed E-state index contributed by atoms with van der Waals surface area (Å²) in [5, 5.41) is 11.5. The summed E-state index contributed by atoms with van der Waals surface area (Å²) < 4.78 is 10.3. The molecule has 1 amide bonds. The number of carboxylic acids is 1. The first kappa shape index (κ1) is 15.9. The number of carboxylic acid groups (broad SMARTS) is 1. The van der Waals surface area contributed by atoms with E-state index < -0.39 is 5.97 Å². The molecule has 19 heavy (non-hydrogen) atoms. The number of hydrogen-bond donors (Lipinski definition) is 2. The smallest absolute Gasteiger partial charge is 0.317 e. The number of hydrogen-bond acceptors (Lipinski definition) is 5. The molecule has 1 heterocycles. The summed E-state index contributed by atoms with van der Waals surface area (Å²) in [6.07, 6.45) is 2.08. The lowest BCUT2D eigenvalue weighted by Gasteiger charge is -2.19. The average Bonchev–Trinajstić information content (AvgIpc) is 2.86. The van der Waals surface area contributed by atoms with Crippen molar-refractivity contribution in [2.24, 2.45) is 0 Å². The number of amides is 1. The van der Waals surface area contributed by atoms with E-state index >= 15 is 0 Å². The maximum Gasteiger partial charge on any atom is 0.317 e. The number of carbonyl (C=O) groups is 2. The van der Waals surface area contributed by atoms with Gasteiger partial charge in [-0.15, -0.1) is 0 Å². The minimum absolute atomic E-state index is 0.0579. The summed E-state index contributed by atoms with van der Waals surface area (Å²) in [5.41, 5.74) is 0. The Balaban J connectivity index is 2.25. The highest BCUT2D eigenvalue weighted by molar-refractivity contribution is 5.79. The lowest BCUT2D eigenvalue weighted by Crippen LogP contribution is -2.43. The summed E-state index contributed by atoms with van der Waals surface area (Å²) in [6.45, 7) is 1.94.